The fraction of sp³-hybridized carbons (Fsp3) is 0.533. The Morgan fingerprint density at radius 1 is 1.18 bits per heavy atom. The van der Waals surface area contributed by atoms with Crippen LogP contribution in [0.2, 0.25) is 0 Å². The fourth-order valence-corrected chi connectivity index (χ4v) is 3.52. The summed E-state index contributed by atoms with van der Waals surface area (Å²) in [5, 5.41) is 0. The van der Waals surface area contributed by atoms with Crippen LogP contribution in [0.25, 0.3) is 0 Å². The van der Waals surface area contributed by atoms with E-state index in [0.29, 0.717) is 5.84 Å². The molecule has 2 aliphatic rings. The Morgan fingerprint density at radius 2 is 2.00 bits per heavy atom. The van der Waals surface area contributed by atoms with Crippen LogP contribution in [-0.2, 0) is 0 Å². The molecule has 2 fully saturated rings. The maximum absolute atomic E-state index is 6.02. The molecule has 0 radical (unpaired) electrons. The van der Waals surface area contributed by atoms with Gasteiger partial charge in [0.1, 0.15) is 5.84 Å². The summed E-state index contributed by atoms with van der Waals surface area (Å²) in [6.45, 7) is 0.932. The number of hydrogen-bond acceptors (Lipinski definition) is 1. The summed E-state index contributed by atoms with van der Waals surface area (Å²) in [5.41, 5.74) is 7.07. The van der Waals surface area contributed by atoms with Crippen LogP contribution in [0.3, 0.4) is 0 Å². The zero-order valence-electron chi connectivity index (χ0n) is 10.2. The van der Waals surface area contributed by atoms with Gasteiger partial charge in [-0.05, 0) is 37.0 Å². The molecule has 90 valence electrons. The Morgan fingerprint density at radius 3 is 2.65 bits per heavy atom. The minimum absolute atomic E-state index is 0.702. The van der Waals surface area contributed by atoms with Crippen molar-refractivity contribution in [2.24, 2.45) is 28.5 Å². The van der Waals surface area contributed by atoms with Gasteiger partial charge in [0.2, 0.25) is 0 Å². The lowest BCUT2D eigenvalue weighted by Gasteiger charge is -2.19. The van der Waals surface area contributed by atoms with Gasteiger partial charge in [0.15, 0.2) is 0 Å². The van der Waals surface area contributed by atoms with Gasteiger partial charge in [-0.25, -0.2) is 0 Å². The molecule has 0 spiro atoms. The second kappa shape index (κ2) is 4.52. The molecule has 0 heterocycles. The average molecular weight is 228 g/mol. The van der Waals surface area contributed by atoms with Gasteiger partial charge in [-0.3, -0.25) is 4.99 Å². The summed E-state index contributed by atoms with van der Waals surface area (Å²) in [6.07, 6.45) is 5.72. The number of aliphatic imine (C=N–C) groups is 1. The van der Waals surface area contributed by atoms with Crippen molar-refractivity contribution in [3.8, 4) is 0 Å². The van der Waals surface area contributed by atoms with Crippen molar-refractivity contribution >= 4 is 5.84 Å². The number of rotatable bonds is 3. The minimum Gasteiger partial charge on any atom is -0.384 e. The summed E-state index contributed by atoms with van der Waals surface area (Å²) in [5.74, 6) is 3.44. The van der Waals surface area contributed by atoms with Crippen LogP contribution in [0.5, 0.6) is 0 Å². The van der Waals surface area contributed by atoms with Crippen molar-refractivity contribution in [1.29, 1.82) is 0 Å². The molecular weight excluding hydrogens is 208 g/mol. The molecule has 2 bridgehead atoms. The average Bonchev–Trinajstić information content (AvgIpc) is 2.99. The molecule has 0 amide bonds. The molecule has 0 saturated heterocycles. The Balaban J connectivity index is 1.63. The summed E-state index contributed by atoms with van der Waals surface area (Å²) in [7, 11) is 0. The molecule has 2 heteroatoms. The Labute approximate surface area is 103 Å². The van der Waals surface area contributed by atoms with Crippen molar-refractivity contribution in [3.63, 3.8) is 0 Å². The number of amidine groups is 1. The van der Waals surface area contributed by atoms with Gasteiger partial charge < -0.3 is 5.73 Å². The highest BCUT2D eigenvalue weighted by atomic mass is 14.9. The van der Waals surface area contributed by atoms with Crippen molar-refractivity contribution < 1.29 is 0 Å². The maximum Gasteiger partial charge on any atom is 0.125 e. The van der Waals surface area contributed by atoms with Crippen molar-refractivity contribution in [2.45, 2.75) is 25.7 Å². The first kappa shape index (κ1) is 10.8. The van der Waals surface area contributed by atoms with Gasteiger partial charge in [-0.1, -0.05) is 36.8 Å². The Kier molecular flexibility index (Phi) is 2.87. The first-order valence-corrected chi connectivity index (χ1v) is 6.68. The zero-order valence-corrected chi connectivity index (χ0v) is 10.2. The van der Waals surface area contributed by atoms with Gasteiger partial charge in [0, 0.05) is 12.1 Å². The van der Waals surface area contributed by atoms with Crippen LogP contribution >= 0.6 is 0 Å². The molecule has 3 rings (SSSR count). The third-order valence-corrected chi connectivity index (χ3v) is 4.45. The predicted molar refractivity (Wildman–Crippen MR) is 71.0 cm³/mol. The van der Waals surface area contributed by atoms with Crippen LogP contribution in [-0.4, -0.2) is 12.4 Å². The van der Waals surface area contributed by atoms with Gasteiger partial charge in [-0.15, -0.1) is 0 Å². The quantitative estimate of drug-likeness (QED) is 0.627. The van der Waals surface area contributed by atoms with E-state index >= 15 is 0 Å². The Hall–Kier alpha value is -1.31. The maximum atomic E-state index is 6.02. The third-order valence-electron chi connectivity index (χ3n) is 4.45. The molecular formula is C15H20N2. The van der Waals surface area contributed by atoms with Gasteiger partial charge in [-0.2, -0.15) is 0 Å². The van der Waals surface area contributed by atoms with Gasteiger partial charge in [0.05, 0.1) is 0 Å². The standard InChI is InChI=1S/C15H20N2/c16-15(12-4-2-1-3-5-12)17-10-14-9-11-6-7-13(14)8-11/h1-5,11,13-14H,6-10H2,(H2,16,17). The summed E-state index contributed by atoms with van der Waals surface area (Å²) in [4.78, 5) is 4.59. The van der Waals surface area contributed by atoms with Crippen LogP contribution in [0.15, 0.2) is 35.3 Å². The highest BCUT2D eigenvalue weighted by Crippen LogP contribution is 2.48. The zero-order chi connectivity index (χ0) is 11.7. The normalized spacial score (nSPS) is 32.0. The monoisotopic (exact) mass is 228 g/mol. The smallest absolute Gasteiger partial charge is 0.125 e. The minimum atomic E-state index is 0.702. The van der Waals surface area contributed by atoms with E-state index in [4.69, 9.17) is 5.73 Å². The van der Waals surface area contributed by atoms with Gasteiger partial charge >= 0.3 is 0 Å². The number of fused-ring (bicyclic) bond motifs is 2. The van der Waals surface area contributed by atoms with E-state index in [1.807, 2.05) is 30.3 Å². The number of hydrogen-bond donors (Lipinski definition) is 1. The summed E-state index contributed by atoms with van der Waals surface area (Å²) < 4.78 is 0. The molecule has 1 aromatic rings. The highest BCUT2D eigenvalue weighted by Gasteiger charge is 2.38. The second-order valence-corrected chi connectivity index (χ2v) is 5.53. The van der Waals surface area contributed by atoms with Crippen molar-refractivity contribution in [3.05, 3.63) is 35.9 Å². The van der Waals surface area contributed by atoms with E-state index in [1.54, 1.807) is 0 Å². The number of nitrogens with two attached hydrogens (primary N) is 1. The number of benzene rings is 1. The molecule has 2 N–H and O–H groups in total. The van der Waals surface area contributed by atoms with Crippen LogP contribution in [0, 0.1) is 17.8 Å². The van der Waals surface area contributed by atoms with Gasteiger partial charge in [0.25, 0.3) is 0 Å². The van der Waals surface area contributed by atoms with Crippen molar-refractivity contribution in [2.75, 3.05) is 6.54 Å². The van der Waals surface area contributed by atoms with Crippen LogP contribution in [0.1, 0.15) is 31.2 Å². The second-order valence-electron chi connectivity index (χ2n) is 5.53. The molecule has 3 unspecified atom stereocenters. The molecule has 1 aromatic carbocycles. The number of nitrogens with zero attached hydrogens (tertiary/aromatic N) is 1. The molecule has 0 aliphatic heterocycles. The Bertz CT molecular complexity index is 410. The van der Waals surface area contributed by atoms with Crippen LogP contribution < -0.4 is 5.73 Å². The fourth-order valence-electron chi connectivity index (χ4n) is 3.52. The lowest BCUT2D eigenvalue weighted by atomic mass is 9.89. The molecule has 3 atom stereocenters. The van der Waals surface area contributed by atoms with Crippen LogP contribution in [0.4, 0.5) is 0 Å². The first-order chi connectivity index (χ1) is 8.33. The van der Waals surface area contributed by atoms with Crippen molar-refractivity contribution in [1.82, 2.24) is 0 Å². The molecule has 17 heavy (non-hydrogen) atoms. The molecule has 2 nitrogen and oxygen atoms in total. The lowest BCUT2D eigenvalue weighted by molar-refractivity contribution is 0.342. The van der Waals surface area contributed by atoms with E-state index in [-0.39, 0.29) is 0 Å². The van der Waals surface area contributed by atoms with E-state index < -0.39 is 0 Å². The lowest BCUT2D eigenvalue weighted by Crippen LogP contribution is -2.18. The van der Waals surface area contributed by atoms with E-state index in [1.165, 1.54) is 25.7 Å². The molecule has 2 saturated carbocycles. The highest BCUT2D eigenvalue weighted by molar-refractivity contribution is 5.97. The van der Waals surface area contributed by atoms with E-state index in [9.17, 15) is 0 Å². The first-order valence-electron chi connectivity index (χ1n) is 6.68. The predicted octanol–water partition coefficient (Wildman–Crippen LogP) is 2.83. The molecule has 0 aromatic heterocycles. The van der Waals surface area contributed by atoms with E-state index in [0.717, 1.165) is 29.9 Å². The molecule has 2 aliphatic carbocycles. The SMILES string of the molecule is NC(=NCC1CC2CCC1C2)c1ccccc1. The largest absolute Gasteiger partial charge is 0.384 e. The summed E-state index contributed by atoms with van der Waals surface area (Å²) >= 11 is 0. The summed E-state index contributed by atoms with van der Waals surface area (Å²) in [6, 6.07) is 10.1. The topological polar surface area (TPSA) is 38.4 Å². The van der Waals surface area contributed by atoms with E-state index in [2.05, 4.69) is 4.99 Å². The third kappa shape index (κ3) is 2.21.